The SMILES string of the molecule is CCCCCCCC([B]N(C1CC(CCC)OC1=O)C(C)(C)CC)CCCCCCC. The molecule has 0 aromatic rings. The standard InChI is InChI=1S/C27H53BNO2/c1-7-11-13-15-17-20-23(21-18-16-14-12-8-2)28-29(27(5,6)10-4)25-22-24(19-9-3)31-26(25)30/h23-25H,7-22H2,1-6H3. The number of rotatable bonds is 19. The molecule has 3 nitrogen and oxygen atoms in total. The number of esters is 1. The zero-order valence-electron chi connectivity index (χ0n) is 21.9. The molecule has 1 radical (unpaired) electrons. The molecule has 181 valence electrons. The van der Waals surface area contributed by atoms with Crippen molar-refractivity contribution < 1.29 is 9.53 Å². The molecule has 1 heterocycles. The van der Waals surface area contributed by atoms with Crippen LogP contribution in [0, 0.1) is 0 Å². The minimum absolute atomic E-state index is 0.000802. The van der Waals surface area contributed by atoms with Gasteiger partial charge in [0.25, 0.3) is 0 Å². The highest BCUT2D eigenvalue weighted by Gasteiger charge is 2.43. The van der Waals surface area contributed by atoms with Crippen LogP contribution in [0.2, 0.25) is 5.82 Å². The molecule has 1 saturated heterocycles. The Hall–Kier alpha value is -0.505. The van der Waals surface area contributed by atoms with Gasteiger partial charge in [-0.2, -0.15) is 0 Å². The highest BCUT2D eigenvalue weighted by molar-refractivity contribution is 6.35. The van der Waals surface area contributed by atoms with Crippen molar-refractivity contribution >= 4 is 13.4 Å². The monoisotopic (exact) mass is 434 g/mol. The number of hydrogen-bond donors (Lipinski definition) is 0. The minimum Gasteiger partial charge on any atom is -0.461 e. The lowest BCUT2D eigenvalue weighted by Gasteiger charge is -2.42. The topological polar surface area (TPSA) is 29.5 Å². The smallest absolute Gasteiger partial charge is 0.322 e. The first-order valence-electron chi connectivity index (χ1n) is 13.7. The van der Waals surface area contributed by atoms with E-state index < -0.39 is 0 Å². The highest BCUT2D eigenvalue weighted by atomic mass is 16.6. The van der Waals surface area contributed by atoms with Crippen molar-refractivity contribution in [2.24, 2.45) is 0 Å². The largest absolute Gasteiger partial charge is 0.461 e. The second-order valence-corrected chi connectivity index (χ2v) is 10.5. The molecule has 1 aliphatic heterocycles. The summed E-state index contributed by atoms with van der Waals surface area (Å²) >= 11 is 0. The molecule has 0 aromatic heterocycles. The highest BCUT2D eigenvalue weighted by Crippen LogP contribution is 2.33. The first-order valence-corrected chi connectivity index (χ1v) is 13.7. The van der Waals surface area contributed by atoms with Gasteiger partial charge in [-0.15, -0.1) is 0 Å². The van der Waals surface area contributed by atoms with E-state index in [2.05, 4.69) is 53.8 Å². The maximum Gasteiger partial charge on any atom is 0.322 e. The third-order valence-corrected chi connectivity index (χ3v) is 7.28. The average Bonchev–Trinajstić information content (AvgIpc) is 3.10. The van der Waals surface area contributed by atoms with E-state index in [0.717, 1.165) is 25.7 Å². The predicted molar refractivity (Wildman–Crippen MR) is 136 cm³/mol. The molecule has 0 aliphatic carbocycles. The number of carbonyl (C=O) groups is 1. The van der Waals surface area contributed by atoms with Gasteiger partial charge in [-0.05, 0) is 26.7 Å². The number of unbranched alkanes of at least 4 members (excludes halogenated alkanes) is 8. The summed E-state index contributed by atoms with van der Waals surface area (Å²) in [6.45, 7) is 13.6. The van der Waals surface area contributed by atoms with Crippen molar-refractivity contribution in [1.82, 2.24) is 4.81 Å². The Morgan fingerprint density at radius 1 is 0.903 bits per heavy atom. The van der Waals surface area contributed by atoms with E-state index in [0.29, 0.717) is 5.82 Å². The quantitative estimate of drug-likeness (QED) is 0.117. The van der Waals surface area contributed by atoms with Crippen molar-refractivity contribution in [1.29, 1.82) is 0 Å². The van der Waals surface area contributed by atoms with Gasteiger partial charge in [0, 0.05) is 12.0 Å². The molecule has 1 aliphatic rings. The molecule has 4 heteroatoms. The van der Waals surface area contributed by atoms with Crippen LogP contribution in [0.3, 0.4) is 0 Å². The molecule has 1 fully saturated rings. The van der Waals surface area contributed by atoms with Crippen LogP contribution in [0.4, 0.5) is 0 Å². The van der Waals surface area contributed by atoms with E-state index in [-0.39, 0.29) is 23.7 Å². The van der Waals surface area contributed by atoms with E-state index in [9.17, 15) is 4.79 Å². The van der Waals surface area contributed by atoms with Gasteiger partial charge in [-0.25, -0.2) is 0 Å². The summed E-state index contributed by atoms with van der Waals surface area (Å²) in [5, 5.41) is 0. The number of hydrogen-bond acceptors (Lipinski definition) is 3. The molecule has 0 bridgehead atoms. The molecule has 2 unspecified atom stereocenters. The van der Waals surface area contributed by atoms with E-state index in [1.54, 1.807) is 0 Å². The van der Waals surface area contributed by atoms with Gasteiger partial charge < -0.3 is 9.55 Å². The van der Waals surface area contributed by atoms with Gasteiger partial charge in [0.2, 0.25) is 7.41 Å². The van der Waals surface area contributed by atoms with Crippen LogP contribution < -0.4 is 0 Å². The first kappa shape index (κ1) is 28.5. The first-order chi connectivity index (χ1) is 14.9. The normalized spacial score (nSPS) is 19.4. The molecular formula is C27H53BNO2. The van der Waals surface area contributed by atoms with Crippen LogP contribution >= 0.6 is 0 Å². The fourth-order valence-electron chi connectivity index (χ4n) is 4.81. The number of cyclic esters (lactones) is 1. The second-order valence-electron chi connectivity index (χ2n) is 10.5. The Morgan fingerprint density at radius 2 is 1.45 bits per heavy atom. The van der Waals surface area contributed by atoms with E-state index in [4.69, 9.17) is 4.74 Å². The summed E-state index contributed by atoms with van der Waals surface area (Å²) in [6, 6.07) is -0.103. The summed E-state index contributed by atoms with van der Waals surface area (Å²) < 4.78 is 5.77. The maximum atomic E-state index is 12.8. The van der Waals surface area contributed by atoms with Crippen LogP contribution in [-0.2, 0) is 9.53 Å². The molecule has 1 rings (SSSR count). The van der Waals surface area contributed by atoms with Crippen LogP contribution in [0.1, 0.15) is 144 Å². The lowest BCUT2D eigenvalue weighted by molar-refractivity contribution is -0.145. The zero-order chi connectivity index (χ0) is 23.1. The van der Waals surface area contributed by atoms with Gasteiger partial charge in [-0.1, -0.05) is 117 Å². The Kier molecular flexibility index (Phi) is 14.9. The van der Waals surface area contributed by atoms with Crippen molar-refractivity contribution in [2.75, 3.05) is 0 Å². The fourth-order valence-corrected chi connectivity index (χ4v) is 4.81. The molecule has 0 spiro atoms. The number of carbonyl (C=O) groups excluding carboxylic acids is 1. The van der Waals surface area contributed by atoms with Crippen molar-refractivity contribution in [3.8, 4) is 0 Å². The van der Waals surface area contributed by atoms with Gasteiger partial charge in [-0.3, -0.25) is 4.79 Å². The summed E-state index contributed by atoms with van der Waals surface area (Å²) in [6.07, 6.45) is 19.9. The van der Waals surface area contributed by atoms with Crippen molar-refractivity contribution in [2.45, 2.75) is 168 Å². The van der Waals surface area contributed by atoms with Gasteiger partial charge in [0.15, 0.2) is 0 Å². The molecule has 0 amide bonds. The molecule has 0 N–H and O–H groups in total. The fraction of sp³-hybridized carbons (Fsp3) is 0.963. The molecule has 0 aromatic carbocycles. The number of ether oxygens (including phenoxy) is 1. The van der Waals surface area contributed by atoms with Crippen LogP contribution in [0.25, 0.3) is 0 Å². The summed E-state index contributed by atoms with van der Waals surface area (Å²) in [7, 11) is 2.48. The molecule has 31 heavy (non-hydrogen) atoms. The van der Waals surface area contributed by atoms with E-state index >= 15 is 0 Å². The zero-order valence-corrected chi connectivity index (χ0v) is 21.9. The maximum absolute atomic E-state index is 12.8. The summed E-state index contributed by atoms with van der Waals surface area (Å²) in [5.74, 6) is 0.577. The lowest BCUT2D eigenvalue weighted by atomic mass is 9.65. The predicted octanol–water partition coefficient (Wildman–Crippen LogP) is 8.09. The van der Waals surface area contributed by atoms with Crippen molar-refractivity contribution in [3.63, 3.8) is 0 Å². The van der Waals surface area contributed by atoms with Crippen LogP contribution in [-0.4, -0.2) is 35.9 Å². The minimum atomic E-state index is -0.103. The lowest BCUT2D eigenvalue weighted by Crippen LogP contribution is -2.54. The molecule has 2 atom stereocenters. The van der Waals surface area contributed by atoms with Gasteiger partial charge in [0.1, 0.15) is 12.1 Å². The van der Waals surface area contributed by atoms with E-state index in [1.807, 2.05) is 0 Å². The number of nitrogens with zero attached hydrogens (tertiary/aromatic N) is 1. The average molecular weight is 435 g/mol. The Bertz CT molecular complexity index is 454. The third kappa shape index (κ3) is 10.8. The molecule has 0 saturated carbocycles. The third-order valence-electron chi connectivity index (χ3n) is 7.28. The van der Waals surface area contributed by atoms with Crippen LogP contribution in [0.5, 0.6) is 0 Å². The second kappa shape index (κ2) is 16.2. The summed E-state index contributed by atoms with van der Waals surface area (Å²) in [4.78, 5) is 15.3. The summed E-state index contributed by atoms with van der Waals surface area (Å²) in [5.41, 5.74) is -0.0204. The van der Waals surface area contributed by atoms with Crippen LogP contribution in [0.15, 0.2) is 0 Å². The van der Waals surface area contributed by atoms with Gasteiger partial charge >= 0.3 is 5.97 Å². The van der Waals surface area contributed by atoms with E-state index in [1.165, 1.54) is 77.0 Å². The Labute approximate surface area is 195 Å². The molecular weight excluding hydrogens is 381 g/mol. The Morgan fingerprint density at radius 3 is 1.94 bits per heavy atom. The van der Waals surface area contributed by atoms with Crippen molar-refractivity contribution in [3.05, 3.63) is 0 Å². The van der Waals surface area contributed by atoms with Gasteiger partial charge in [0.05, 0.1) is 0 Å². The Balaban J connectivity index is 2.80.